The van der Waals surface area contributed by atoms with E-state index in [9.17, 15) is 4.57 Å². The van der Waals surface area contributed by atoms with Crippen LogP contribution in [-0.4, -0.2) is 0 Å². The summed E-state index contributed by atoms with van der Waals surface area (Å²) < 4.78 is 11.7. The molecule has 16 heavy (non-hydrogen) atoms. The lowest BCUT2D eigenvalue weighted by Gasteiger charge is -2.05. The first-order valence-corrected chi connectivity index (χ1v) is 7.24. The van der Waals surface area contributed by atoms with Gasteiger partial charge in [0.15, 0.2) is 0 Å². The molecular formula is C13H11ClOP+. The second kappa shape index (κ2) is 5.25. The second-order valence-electron chi connectivity index (χ2n) is 3.50. The van der Waals surface area contributed by atoms with Crippen LogP contribution in [0.1, 0.15) is 16.8 Å². The molecule has 0 heterocycles. The van der Waals surface area contributed by atoms with Crippen LogP contribution >= 0.6 is 18.4 Å². The normalized spacial score (nSPS) is 11.5. The molecule has 0 spiro atoms. The lowest BCUT2D eigenvalue weighted by atomic mass is 10.0. The molecule has 1 nitrogen and oxygen atoms in total. The van der Waals surface area contributed by atoms with Crippen LogP contribution in [0, 0.1) is 0 Å². The monoisotopic (exact) mass is 249 g/mol. The van der Waals surface area contributed by atoms with Crippen LogP contribution < -0.4 is 0 Å². The van der Waals surface area contributed by atoms with E-state index in [1.807, 2.05) is 60.7 Å². The minimum atomic E-state index is -1.79. The smallest absolute Gasteiger partial charge is 0.0622 e. The van der Waals surface area contributed by atoms with Gasteiger partial charge in [0.1, 0.15) is 0 Å². The Hall–Kier alpha value is -1.17. The van der Waals surface area contributed by atoms with Crippen LogP contribution in [0.3, 0.4) is 0 Å². The Bertz CT molecular complexity index is 430. The van der Waals surface area contributed by atoms with Gasteiger partial charge in [0.2, 0.25) is 16.9 Å². The Labute approximate surface area is 101 Å². The van der Waals surface area contributed by atoms with Crippen molar-refractivity contribution in [1.82, 2.24) is 0 Å². The van der Waals surface area contributed by atoms with Crippen molar-refractivity contribution in [1.29, 1.82) is 0 Å². The van der Waals surface area contributed by atoms with Gasteiger partial charge in [-0.05, 0) is 0 Å². The summed E-state index contributed by atoms with van der Waals surface area (Å²) in [5.74, 6) is 0. The quantitative estimate of drug-likeness (QED) is 0.717. The molecule has 0 aliphatic heterocycles. The van der Waals surface area contributed by atoms with Crippen molar-refractivity contribution in [3.8, 4) is 0 Å². The number of benzene rings is 2. The zero-order valence-electron chi connectivity index (χ0n) is 8.58. The average molecular weight is 250 g/mol. The predicted molar refractivity (Wildman–Crippen MR) is 68.2 cm³/mol. The number of hydrogen-bond donors (Lipinski definition) is 0. The van der Waals surface area contributed by atoms with E-state index in [2.05, 4.69) is 0 Å². The van der Waals surface area contributed by atoms with Gasteiger partial charge in [0.05, 0.1) is 0 Å². The van der Waals surface area contributed by atoms with E-state index in [0.29, 0.717) is 0 Å². The van der Waals surface area contributed by atoms with E-state index in [0.717, 1.165) is 11.1 Å². The van der Waals surface area contributed by atoms with E-state index in [-0.39, 0.29) is 5.66 Å². The molecule has 0 saturated heterocycles. The van der Waals surface area contributed by atoms with Gasteiger partial charge < -0.3 is 0 Å². The zero-order valence-corrected chi connectivity index (χ0v) is 10.2. The molecule has 1 atom stereocenters. The molecule has 80 valence electrons. The van der Waals surface area contributed by atoms with E-state index in [1.54, 1.807) is 0 Å². The molecule has 0 aliphatic carbocycles. The molecule has 0 saturated carbocycles. The standard InChI is InChI=1S/C13H11ClOP/c14-16(15)13(11-7-3-1-4-8-11)12-9-5-2-6-10-12/h1-10,13H/q+1. The van der Waals surface area contributed by atoms with Gasteiger partial charge in [-0.2, -0.15) is 0 Å². The molecule has 0 aliphatic rings. The van der Waals surface area contributed by atoms with Gasteiger partial charge in [-0.1, -0.05) is 65.2 Å². The van der Waals surface area contributed by atoms with Crippen LogP contribution in [0.4, 0.5) is 0 Å². The minimum absolute atomic E-state index is 0.223. The summed E-state index contributed by atoms with van der Waals surface area (Å²) in [6, 6.07) is 19.4. The van der Waals surface area contributed by atoms with Crippen molar-refractivity contribution in [3.05, 3.63) is 71.8 Å². The third kappa shape index (κ3) is 2.49. The van der Waals surface area contributed by atoms with Crippen LogP contribution in [0.15, 0.2) is 60.7 Å². The van der Waals surface area contributed by atoms with Crippen molar-refractivity contribution in [2.75, 3.05) is 0 Å². The first-order valence-electron chi connectivity index (χ1n) is 5.01. The Kier molecular flexibility index (Phi) is 3.71. The zero-order chi connectivity index (χ0) is 11.4. The summed E-state index contributed by atoms with van der Waals surface area (Å²) in [6.07, 6.45) is 0. The summed E-state index contributed by atoms with van der Waals surface area (Å²) in [6.45, 7) is 0. The predicted octanol–water partition coefficient (Wildman–Crippen LogP) is 4.76. The van der Waals surface area contributed by atoms with Crippen LogP contribution in [0.25, 0.3) is 0 Å². The largest absolute Gasteiger partial charge is 0.467 e. The molecule has 1 unspecified atom stereocenters. The molecule has 0 radical (unpaired) electrons. The van der Waals surface area contributed by atoms with Crippen LogP contribution in [0.5, 0.6) is 0 Å². The van der Waals surface area contributed by atoms with Gasteiger partial charge in [0, 0.05) is 11.1 Å². The van der Waals surface area contributed by atoms with E-state index >= 15 is 0 Å². The first kappa shape index (κ1) is 11.3. The van der Waals surface area contributed by atoms with Gasteiger partial charge >= 0.3 is 7.15 Å². The van der Waals surface area contributed by atoms with Gasteiger partial charge in [0.25, 0.3) is 0 Å². The van der Waals surface area contributed by atoms with E-state index in [1.165, 1.54) is 0 Å². The summed E-state index contributed by atoms with van der Waals surface area (Å²) >= 11 is 5.82. The molecule has 3 heteroatoms. The minimum Gasteiger partial charge on any atom is -0.0622 e. The highest BCUT2D eigenvalue weighted by atomic mass is 35.7. The molecule has 0 amide bonds. The van der Waals surface area contributed by atoms with Gasteiger partial charge in [-0.25, -0.2) is 0 Å². The third-order valence-corrected chi connectivity index (χ3v) is 4.02. The van der Waals surface area contributed by atoms with Gasteiger partial charge in [-0.15, -0.1) is 0 Å². The third-order valence-electron chi connectivity index (χ3n) is 2.43. The fourth-order valence-electron chi connectivity index (χ4n) is 1.70. The van der Waals surface area contributed by atoms with Crippen LogP contribution in [0.2, 0.25) is 0 Å². The fourth-order valence-corrected chi connectivity index (χ4v) is 3.19. The molecule has 2 rings (SSSR count). The molecule has 2 aromatic rings. The summed E-state index contributed by atoms with van der Waals surface area (Å²) in [4.78, 5) is 0. The Morgan fingerprint density at radius 3 is 1.50 bits per heavy atom. The fraction of sp³-hybridized carbons (Fsp3) is 0.0769. The summed E-state index contributed by atoms with van der Waals surface area (Å²) in [5.41, 5.74) is 1.76. The maximum atomic E-state index is 11.7. The van der Waals surface area contributed by atoms with Crippen molar-refractivity contribution >= 4 is 18.4 Å². The highest BCUT2D eigenvalue weighted by molar-refractivity contribution is 7.74. The maximum absolute atomic E-state index is 11.7. The van der Waals surface area contributed by atoms with Crippen molar-refractivity contribution in [2.45, 2.75) is 5.66 Å². The molecular weight excluding hydrogens is 239 g/mol. The Balaban J connectivity index is 2.44. The lowest BCUT2D eigenvalue weighted by Crippen LogP contribution is -1.94. The van der Waals surface area contributed by atoms with Gasteiger partial charge in [-0.3, -0.25) is 0 Å². The van der Waals surface area contributed by atoms with Crippen molar-refractivity contribution in [3.63, 3.8) is 0 Å². The van der Waals surface area contributed by atoms with Crippen molar-refractivity contribution < 1.29 is 4.57 Å². The lowest BCUT2D eigenvalue weighted by molar-refractivity contribution is 0.592. The Morgan fingerprint density at radius 1 is 0.812 bits per heavy atom. The molecule has 0 fully saturated rings. The molecule has 0 bridgehead atoms. The van der Waals surface area contributed by atoms with E-state index in [4.69, 9.17) is 11.2 Å². The first-order chi connectivity index (χ1) is 7.79. The number of rotatable bonds is 3. The molecule has 0 aromatic heterocycles. The highest BCUT2D eigenvalue weighted by Gasteiger charge is 2.32. The van der Waals surface area contributed by atoms with Crippen molar-refractivity contribution in [2.24, 2.45) is 0 Å². The number of halogens is 1. The highest BCUT2D eigenvalue weighted by Crippen LogP contribution is 2.49. The SMILES string of the molecule is O=[P+](Cl)C(c1ccccc1)c1ccccc1. The molecule has 0 N–H and O–H groups in total. The number of hydrogen-bond acceptors (Lipinski definition) is 1. The topological polar surface area (TPSA) is 17.1 Å². The maximum Gasteiger partial charge on any atom is 0.467 e. The molecule has 2 aromatic carbocycles. The average Bonchev–Trinajstić information content (AvgIpc) is 2.31. The Morgan fingerprint density at radius 2 is 1.19 bits per heavy atom. The summed E-state index contributed by atoms with van der Waals surface area (Å²) in [5, 5.41) is 0. The summed E-state index contributed by atoms with van der Waals surface area (Å²) in [7, 11) is -1.79. The second-order valence-corrected chi connectivity index (χ2v) is 5.56. The van der Waals surface area contributed by atoms with E-state index < -0.39 is 7.15 Å². The van der Waals surface area contributed by atoms with Crippen LogP contribution in [-0.2, 0) is 4.57 Å².